The van der Waals surface area contributed by atoms with E-state index in [0.29, 0.717) is 12.5 Å². The molecule has 3 rings (SSSR count). The number of ether oxygens (including phenoxy) is 2. The molecule has 0 aliphatic carbocycles. The second kappa shape index (κ2) is 7.13. The van der Waals surface area contributed by atoms with Crippen molar-refractivity contribution >= 4 is 5.65 Å². The largest absolute Gasteiger partial charge is 0.463 e. The number of halogens is 6. The number of hydrogen-bond donors (Lipinski definition) is 0. The molecule has 0 N–H and O–H groups in total. The Morgan fingerprint density at radius 3 is 2.38 bits per heavy atom. The average molecular weight is 421 g/mol. The molecule has 1 atom stereocenters. The number of rotatable bonds is 5. The third kappa shape index (κ3) is 3.95. The highest BCUT2D eigenvalue weighted by Gasteiger charge is 2.39. The molecule has 0 aliphatic heterocycles. The first-order valence-corrected chi connectivity index (χ1v) is 8.00. The summed E-state index contributed by atoms with van der Waals surface area (Å²) in [6, 6.07) is 2.21. The molecule has 13 heteroatoms. The molecule has 0 fully saturated rings. The van der Waals surface area contributed by atoms with Crippen molar-refractivity contribution in [2.45, 2.75) is 32.2 Å². The van der Waals surface area contributed by atoms with Crippen LogP contribution in [0, 0.1) is 12.7 Å². The van der Waals surface area contributed by atoms with Gasteiger partial charge in [-0.2, -0.15) is 31.6 Å². The Balaban J connectivity index is 2.03. The minimum absolute atomic E-state index is 0.00892. The van der Waals surface area contributed by atoms with Crippen LogP contribution in [0.25, 0.3) is 16.9 Å². The maximum Gasteiger partial charge on any atom is 0.425 e. The summed E-state index contributed by atoms with van der Waals surface area (Å²) in [6.07, 6.45) is -9.75. The van der Waals surface area contributed by atoms with Gasteiger partial charge in [0.05, 0.1) is 5.69 Å². The Hall–Kier alpha value is -2.96. The first-order valence-electron chi connectivity index (χ1n) is 8.00. The van der Waals surface area contributed by atoms with Gasteiger partial charge in [0, 0.05) is 18.9 Å². The van der Waals surface area contributed by atoms with Crippen molar-refractivity contribution in [1.82, 2.24) is 24.8 Å². The number of nitrogens with zero attached hydrogens (tertiary/aromatic N) is 5. The molecule has 0 bridgehead atoms. The molecular formula is C16H13F6N5O2. The van der Waals surface area contributed by atoms with Crippen LogP contribution in [0.2, 0.25) is 0 Å². The summed E-state index contributed by atoms with van der Waals surface area (Å²) in [5.41, 5.74) is 0.461. The number of hydrogen-bond acceptors (Lipinski definition) is 6. The van der Waals surface area contributed by atoms with Crippen LogP contribution in [0.4, 0.5) is 26.3 Å². The van der Waals surface area contributed by atoms with Gasteiger partial charge in [0.25, 0.3) is 11.7 Å². The summed E-state index contributed by atoms with van der Waals surface area (Å²) in [5.74, 6) is -2.93. The van der Waals surface area contributed by atoms with E-state index < -0.39 is 35.9 Å². The monoisotopic (exact) mass is 421 g/mol. The first kappa shape index (κ1) is 20.8. The van der Waals surface area contributed by atoms with Crippen LogP contribution < -0.4 is 4.74 Å². The molecule has 0 spiro atoms. The number of alkyl halides is 5. The average Bonchev–Trinajstić information content (AvgIpc) is 3.05. The maximum absolute atomic E-state index is 14.2. The molecule has 156 valence electrons. The van der Waals surface area contributed by atoms with E-state index in [1.54, 1.807) is 6.92 Å². The predicted molar refractivity (Wildman–Crippen MR) is 85.8 cm³/mol. The van der Waals surface area contributed by atoms with E-state index in [2.05, 4.69) is 29.8 Å². The van der Waals surface area contributed by atoms with Crippen molar-refractivity contribution in [3.63, 3.8) is 0 Å². The van der Waals surface area contributed by atoms with Crippen LogP contribution in [-0.4, -0.2) is 44.2 Å². The zero-order chi connectivity index (χ0) is 21.6. The number of fused-ring (bicyclic) bond motifs is 1. The lowest BCUT2D eigenvalue weighted by molar-refractivity contribution is -0.238. The molecule has 0 aliphatic rings. The Morgan fingerprint density at radius 1 is 1.10 bits per heavy atom. The predicted octanol–water partition coefficient (Wildman–Crippen LogP) is 3.66. The number of methoxy groups -OCH3 is 1. The molecule has 0 aromatic carbocycles. The van der Waals surface area contributed by atoms with E-state index >= 15 is 0 Å². The van der Waals surface area contributed by atoms with Crippen molar-refractivity contribution in [3.05, 3.63) is 35.5 Å². The van der Waals surface area contributed by atoms with Gasteiger partial charge in [-0.3, -0.25) is 0 Å². The lowest BCUT2D eigenvalue weighted by atomic mass is 10.1. The van der Waals surface area contributed by atoms with Gasteiger partial charge in [0.2, 0.25) is 0 Å². The molecule has 29 heavy (non-hydrogen) atoms. The molecule has 0 saturated carbocycles. The summed E-state index contributed by atoms with van der Waals surface area (Å²) in [6.45, 7) is 2.26. The standard InChI is InChI=1S/C16H13F6N5O2/c1-7-4-11-24-25-14(16(21,22)28-3)27(11)26-12(7)9-5-10(17)13(23-6-9)29-8(2)15(18,19)20/h4-6,8H,1-3H3/t8-/m1/s1. The Bertz CT molecular complexity index is 1050. The fourth-order valence-corrected chi connectivity index (χ4v) is 2.36. The highest BCUT2D eigenvalue weighted by Crippen LogP contribution is 2.30. The van der Waals surface area contributed by atoms with Crippen LogP contribution in [-0.2, 0) is 10.8 Å². The fourth-order valence-electron chi connectivity index (χ4n) is 2.36. The summed E-state index contributed by atoms with van der Waals surface area (Å²) in [4.78, 5) is 3.55. The Kier molecular flexibility index (Phi) is 5.11. The van der Waals surface area contributed by atoms with Crippen LogP contribution in [0.5, 0.6) is 5.88 Å². The molecule has 7 nitrogen and oxygen atoms in total. The second-order valence-electron chi connectivity index (χ2n) is 6.00. The van der Waals surface area contributed by atoms with Gasteiger partial charge in [-0.15, -0.1) is 10.2 Å². The quantitative estimate of drug-likeness (QED) is 0.586. The molecule has 0 amide bonds. The van der Waals surface area contributed by atoms with Gasteiger partial charge in [-0.05, 0) is 31.5 Å². The highest BCUT2D eigenvalue weighted by molar-refractivity contribution is 5.64. The van der Waals surface area contributed by atoms with E-state index in [0.717, 1.165) is 23.9 Å². The van der Waals surface area contributed by atoms with Gasteiger partial charge in [0.15, 0.2) is 17.6 Å². The van der Waals surface area contributed by atoms with Crippen molar-refractivity contribution < 1.29 is 35.8 Å². The topological polar surface area (TPSA) is 74.4 Å². The highest BCUT2D eigenvalue weighted by atomic mass is 19.4. The number of aromatic nitrogens is 5. The minimum Gasteiger partial charge on any atom is -0.463 e. The summed E-state index contributed by atoms with van der Waals surface area (Å²) < 4.78 is 89.0. The normalized spacial score (nSPS) is 13.7. The zero-order valence-electron chi connectivity index (χ0n) is 15.1. The van der Waals surface area contributed by atoms with Crippen LogP contribution in [0.3, 0.4) is 0 Å². The second-order valence-corrected chi connectivity index (χ2v) is 6.00. The van der Waals surface area contributed by atoms with Crippen molar-refractivity contribution in [2.75, 3.05) is 7.11 Å². The smallest absolute Gasteiger partial charge is 0.425 e. The van der Waals surface area contributed by atoms with Crippen molar-refractivity contribution in [1.29, 1.82) is 0 Å². The minimum atomic E-state index is -4.70. The van der Waals surface area contributed by atoms with Gasteiger partial charge >= 0.3 is 12.3 Å². The van der Waals surface area contributed by atoms with Gasteiger partial charge in [-0.1, -0.05) is 0 Å². The fraction of sp³-hybridized carbons (Fsp3) is 0.375. The molecule has 0 unspecified atom stereocenters. The molecule has 0 saturated heterocycles. The Labute approximate surface area is 159 Å². The molecule has 3 heterocycles. The Morgan fingerprint density at radius 2 is 1.79 bits per heavy atom. The third-order valence-electron chi connectivity index (χ3n) is 3.93. The SMILES string of the molecule is COC(F)(F)c1nnc2cc(C)c(-c3cnc(O[C@H](C)C(F)(F)F)c(F)c3)nn12. The van der Waals surface area contributed by atoms with E-state index in [4.69, 9.17) is 0 Å². The van der Waals surface area contributed by atoms with Crippen LogP contribution >= 0.6 is 0 Å². The summed E-state index contributed by atoms with van der Waals surface area (Å²) >= 11 is 0. The zero-order valence-corrected chi connectivity index (χ0v) is 15.1. The van der Waals surface area contributed by atoms with Crippen LogP contribution in [0.15, 0.2) is 18.3 Å². The van der Waals surface area contributed by atoms with E-state index in [1.165, 1.54) is 6.07 Å². The van der Waals surface area contributed by atoms with Gasteiger partial charge in [0.1, 0.15) is 0 Å². The lowest BCUT2D eigenvalue weighted by Crippen LogP contribution is -2.31. The lowest BCUT2D eigenvalue weighted by Gasteiger charge is -2.17. The molecule has 3 aromatic heterocycles. The molecule has 3 aromatic rings. The summed E-state index contributed by atoms with van der Waals surface area (Å²) in [5, 5.41) is 10.9. The number of pyridine rings is 1. The van der Waals surface area contributed by atoms with E-state index in [-0.39, 0.29) is 16.9 Å². The van der Waals surface area contributed by atoms with Crippen molar-refractivity contribution in [2.24, 2.45) is 0 Å². The van der Waals surface area contributed by atoms with Crippen molar-refractivity contribution in [3.8, 4) is 17.1 Å². The first-order chi connectivity index (χ1) is 13.4. The molecule has 0 radical (unpaired) electrons. The van der Waals surface area contributed by atoms with Gasteiger partial charge in [-0.25, -0.2) is 9.37 Å². The summed E-state index contributed by atoms with van der Waals surface area (Å²) in [7, 11) is 0.774. The molecular weight excluding hydrogens is 408 g/mol. The third-order valence-corrected chi connectivity index (χ3v) is 3.93. The van der Waals surface area contributed by atoms with E-state index in [9.17, 15) is 26.3 Å². The van der Waals surface area contributed by atoms with Crippen LogP contribution in [0.1, 0.15) is 18.3 Å². The van der Waals surface area contributed by atoms with Gasteiger partial charge < -0.3 is 9.47 Å². The number of aryl methyl sites for hydroxylation is 1. The van der Waals surface area contributed by atoms with E-state index in [1.807, 2.05) is 0 Å². The maximum atomic E-state index is 14.2.